The van der Waals surface area contributed by atoms with Gasteiger partial charge in [0.1, 0.15) is 34.7 Å². The lowest BCUT2D eigenvalue weighted by atomic mass is 9.85. The zero-order valence-corrected chi connectivity index (χ0v) is 28.9. The highest BCUT2D eigenvalue weighted by Crippen LogP contribution is 2.34. The molecule has 14 nitrogen and oxygen atoms in total. The van der Waals surface area contributed by atoms with Gasteiger partial charge in [-0.25, -0.2) is 9.78 Å². The quantitative estimate of drug-likeness (QED) is 0.214. The van der Waals surface area contributed by atoms with Gasteiger partial charge in [0.2, 0.25) is 17.7 Å². The summed E-state index contributed by atoms with van der Waals surface area (Å²) in [5.41, 5.74) is -0.0359. The summed E-state index contributed by atoms with van der Waals surface area (Å²) >= 11 is 1.41. The van der Waals surface area contributed by atoms with Gasteiger partial charge in [-0.15, -0.1) is 11.3 Å². The van der Waals surface area contributed by atoms with Gasteiger partial charge in [0.25, 0.3) is 5.91 Å². The third-order valence-corrected chi connectivity index (χ3v) is 8.76. The van der Waals surface area contributed by atoms with Crippen molar-refractivity contribution in [3.05, 3.63) is 35.8 Å². The number of nitrogens with one attached hydrogen (secondary N) is 4. The van der Waals surface area contributed by atoms with Gasteiger partial charge < -0.3 is 36.0 Å². The van der Waals surface area contributed by atoms with E-state index < -0.39 is 59.0 Å². The number of aliphatic hydroxyl groups is 1. The van der Waals surface area contributed by atoms with Crippen molar-refractivity contribution in [1.29, 1.82) is 0 Å². The number of rotatable bonds is 10. The molecular weight excluding hydrogens is 636 g/mol. The van der Waals surface area contributed by atoms with Gasteiger partial charge in [-0.3, -0.25) is 19.4 Å². The Hall–Kier alpha value is -4.37. The number of urea groups is 1. The number of amides is 5. The van der Waals surface area contributed by atoms with E-state index in [4.69, 9.17) is 4.74 Å². The molecule has 1 saturated heterocycles. The molecule has 1 aliphatic heterocycles. The molecular formula is C33H44N8O6S. The fourth-order valence-corrected chi connectivity index (χ4v) is 6.08. The Labute approximate surface area is 283 Å². The van der Waals surface area contributed by atoms with Crippen LogP contribution in [-0.2, 0) is 14.4 Å². The van der Waals surface area contributed by atoms with Gasteiger partial charge in [-0.2, -0.15) is 4.98 Å². The summed E-state index contributed by atoms with van der Waals surface area (Å²) in [4.78, 5) is 68.3. The molecule has 2 fully saturated rings. The Morgan fingerprint density at radius 2 is 1.83 bits per heavy atom. The third kappa shape index (κ3) is 8.75. The number of hydrogen-bond acceptors (Lipinski definition) is 10. The summed E-state index contributed by atoms with van der Waals surface area (Å²) < 4.78 is 7.15. The lowest BCUT2D eigenvalue weighted by Crippen LogP contribution is -2.60. The number of aliphatic hydroxyl groups excluding tert-OH is 1. The lowest BCUT2D eigenvalue weighted by Gasteiger charge is -2.36. The molecule has 0 aromatic carbocycles. The maximum atomic E-state index is 14.3. The molecule has 1 aliphatic carbocycles. The predicted octanol–water partition coefficient (Wildman–Crippen LogP) is 2.37. The van der Waals surface area contributed by atoms with Crippen LogP contribution in [-0.4, -0.2) is 97.7 Å². The smallest absolute Gasteiger partial charge is 0.315 e. The molecule has 1 saturated carbocycles. The van der Waals surface area contributed by atoms with E-state index in [0.717, 1.165) is 12.8 Å². The number of ether oxygens (including phenoxy) is 1. The molecule has 0 spiro atoms. The van der Waals surface area contributed by atoms with Crippen LogP contribution in [0.2, 0.25) is 0 Å². The highest BCUT2D eigenvalue weighted by molar-refractivity contribution is 7.17. The first-order chi connectivity index (χ1) is 22.6. The molecule has 258 valence electrons. The van der Waals surface area contributed by atoms with Gasteiger partial charge in [0, 0.05) is 24.2 Å². The van der Waals surface area contributed by atoms with E-state index in [2.05, 4.69) is 36.2 Å². The second kappa shape index (κ2) is 14.0. The number of aromatic nitrogens is 3. The highest BCUT2D eigenvalue weighted by Gasteiger charge is 2.46. The summed E-state index contributed by atoms with van der Waals surface area (Å²) in [5.74, 6) is -0.915. The van der Waals surface area contributed by atoms with Gasteiger partial charge >= 0.3 is 6.03 Å². The van der Waals surface area contributed by atoms with Crippen LogP contribution in [0.4, 0.5) is 4.79 Å². The van der Waals surface area contributed by atoms with Crippen LogP contribution in [0.3, 0.4) is 0 Å². The average molecular weight is 681 g/mol. The monoisotopic (exact) mass is 680 g/mol. The van der Waals surface area contributed by atoms with Crippen molar-refractivity contribution in [1.82, 2.24) is 41.1 Å². The predicted molar refractivity (Wildman–Crippen MR) is 180 cm³/mol. The third-order valence-electron chi connectivity index (χ3n) is 7.87. The first-order valence-corrected chi connectivity index (χ1v) is 17.0. The normalized spacial score (nSPS) is 19.4. The molecule has 4 atom stereocenters. The average Bonchev–Trinajstić information content (AvgIpc) is 3.51. The first-order valence-electron chi connectivity index (χ1n) is 16.1. The molecule has 4 heterocycles. The summed E-state index contributed by atoms with van der Waals surface area (Å²) in [6.45, 7) is 10.7. The van der Waals surface area contributed by atoms with Crippen LogP contribution in [0, 0.1) is 5.41 Å². The number of carbonyl (C=O) groups is 4. The van der Waals surface area contributed by atoms with Crippen molar-refractivity contribution in [2.45, 2.75) is 96.7 Å². The number of thiophene rings is 1. The minimum absolute atomic E-state index is 0.0204. The Morgan fingerprint density at radius 1 is 1.08 bits per heavy atom. The van der Waals surface area contributed by atoms with Crippen LogP contribution < -0.4 is 26.0 Å². The van der Waals surface area contributed by atoms with Gasteiger partial charge in [-0.05, 0) is 62.6 Å². The van der Waals surface area contributed by atoms with E-state index >= 15 is 0 Å². The minimum atomic E-state index is -1.45. The second-order valence-corrected chi connectivity index (χ2v) is 15.3. The standard InChI is InChI=1S/C33H44N8O6S/c1-32(2,3)25(38-31(46)40-33(4,5)6)30(45)41-17-19(15-22(41)27(43)35-16-23(42)28(44)36-18-10-11-18)47-29-24-20(12-14-48-24)37-26(39-29)21-9-7-8-13-34-21/h7-9,12-14,18-19,22-23,25,42H,10-11,15-17H2,1-6H3,(H,35,43)(H,36,44)(H2,38,40,46)/t19-,22?,23?,25-/m1/s1. The number of likely N-dealkylation sites (tertiary alicyclic amines) is 1. The van der Waals surface area contributed by atoms with E-state index in [9.17, 15) is 24.3 Å². The van der Waals surface area contributed by atoms with Crippen LogP contribution in [0.1, 0.15) is 60.8 Å². The van der Waals surface area contributed by atoms with E-state index in [1.165, 1.54) is 16.2 Å². The number of carbonyl (C=O) groups excluding carboxylic acids is 4. The first kappa shape index (κ1) is 35.0. The maximum absolute atomic E-state index is 14.3. The molecule has 5 rings (SSSR count). The summed E-state index contributed by atoms with van der Waals surface area (Å²) in [6.07, 6.45) is 1.35. The van der Waals surface area contributed by atoms with Crippen molar-refractivity contribution in [3.8, 4) is 17.4 Å². The molecule has 48 heavy (non-hydrogen) atoms. The van der Waals surface area contributed by atoms with Crippen molar-refractivity contribution in [3.63, 3.8) is 0 Å². The van der Waals surface area contributed by atoms with Crippen LogP contribution in [0.15, 0.2) is 35.8 Å². The molecule has 2 aliphatic rings. The van der Waals surface area contributed by atoms with E-state index in [1.54, 1.807) is 18.3 Å². The number of pyridine rings is 1. The second-order valence-electron chi connectivity index (χ2n) is 14.4. The lowest BCUT2D eigenvalue weighted by molar-refractivity contribution is -0.142. The zero-order chi connectivity index (χ0) is 34.8. The number of hydrogen-bond donors (Lipinski definition) is 5. The topological polar surface area (TPSA) is 188 Å². The minimum Gasteiger partial charge on any atom is -0.471 e. The summed E-state index contributed by atoms with van der Waals surface area (Å²) in [5, 5.41) is 23.3. The van der Waals surface area contributed by atoms with Crippen LogP contribution in [0.5, 0.6) is 5.88 Å². The number of nitrogens with zero attached hydrogens (tertiary/aromatic N) is 4. The van der Waals surface area contributed by atoms with Gasteiger partial charge in [0.05, 0.1) is 18.6 Å². The molecule has 15 heteroatoms. The Bertz CT molecular complexity index is 1650. The fraction of sp³-hybridized carbons (Fsp3) is 0.545. The highest BCUT2D eigenvalue weighted by atomic mass is 32.1. The number of fused-ring (bicyclic) bond motifs is 1. The van der Waals surface area contributed by atoms with Crippen molar-refractivity contribution >= 4 is 45.3 Å². The van der Waals surface area contributed by atoms with Crippen LogP contribution in [0.25, 0.3) is 21.7 Å². The Morgan fingerprint density at radius 3 is 2.48 bits per heavy atom. The molecule has 0 radical (unpaired) electrons. The Balaban J connectivity index is 1.40. The zero-order valence-electron chi connectivity index (χ0n) is 28.1. The molecule has 2 unspecified atom stereocenters. The van der Waals surface area contributed by atoms with E-state index in [1.807, 2.05) is 59.1 Å². The van der Waals surface area contributed by atoms with E-state index in [0.29, 0.717) is 27.6 Å². The maximum Gasteiger partial charge on any atom is 0.315 e. The fourth-order valence-electron chi connectivity index (χ4n) is 5.31. The summed E-state index contributed by atoms with van der Waals surface area (Å²) in [7, 11) is 0. The largest absolute Gasteiger partial charge is 0.471 e. The van der Waals surface area contributed by atoms with Crippen molar-refractivity contribution in [2.24, 2.45) is 5.41 Å². The Kier molecular flexibility index (Phi) is 10.2. The van der Waals surface area contributed by atoms with E-state index in [-0.39, 0.29) is 25.6 Å². The SMILES string of the molecule is CC(C)(C)NC(=O)N[C@H](C(=O)N1C[C@H](Oc2nc(-c3ccccn3)nc3ccsc23)CC1C(=O)NCC(O)C(=O)NC1CC1)C(C)(C)C. The van der Waals surface area contributed by atoms with Gasteiger partial charge in [-0.1, -0.05) is 26.8 Å². The van der Waals surface area contributed by atoms with Gasteiger partial charge in [0.15, 0.2) is 5.82 Å². The van der Waals surface area contributed by atoms with Crippen molar-refractivity contribution in [2.75, 3.05) is 13.1 Å². The molecule has 5 amide bonds. The molecule has 5 N–H and O–H groups in total. The van der Waals surface area contributed by atoms with Crippen molar-refractivity contribution < 1.29 is 29.0 Å². The van der Waals surface area contributed by atoms with Crippen LogP contribution >= 0.6 is 11.3 Å². The molecule has 3 aromatic rings. The molecule has 3 aromatic heterocycles. The summed E-state index contributed by atoms with van der Waals surface area (Å²) in [6, 6.07) is 4.80. The molecule has 0 bridgehead atoms.